The van der Waals surface area contributed by atoms with Crippen molar-refractivity contribution in [3.05, 3.63) is 33.9 Å². The zero-order valence-electron chi connectivity index (χ0n) is 9.17. The van der Waals surface area contributed by atoms with Crippen LogP contribution < -0.4 is 5.32 Å². The molecule has 0 aliphatic heterocycles. The van der Waals surface area contributed by atoms with Gasteiger partial charge in [0, 0.05) is 41.1 Å². The predicted octanol–water partition coefficient (Wildman–Crippen LogP) is 1.26. The van der Waals surface area contributed by atoms with Gasteiger partial charge in [-0.3, -0.25) is 14.3 Å². The first-order chi connectivity index (χ1) is 8.04. The van der Waals surface area contributed by atoms with Crippen molar-refractivity contribution in [1.82, 2.24) is 0 Å². The molecule has 1 atom stereocenters. The molecule has 1 aromatic carbocycles. The highest BCUT2D eigenvalue weighted by Gasteiger charge is 2.13. The number of nitrogens with one attached hydrogen (secondary N) is 1. The first kappa shape index (κ1) is 13.1. The van der Waals surface area contributed by atoms with Crippen LogP contribution in [0.3, 0.4) is 0 Å². The molecule has 0 aliphatic carbocycles. The van der Waals surface area contributed by atoms with Crippen molar-refractivity contribution in [2.24, 2.45) is 0 Å². The Bertz CT molecular complexity index is 496. The van der Waals surface area contributed by atoms with Gasteiger partial charge in [-0.25, -0.2) is 0 Å². The van der Waals surface area contributed by atoms with E-state index in [0.717, 1.165) is 0 Å². The molecule has 0 heterocycles. The number of nitrogens with zero attached hydrogens (tertiary/aromatic N) is 2. The zero-order valence-corrected chi connectivity index (χ0v) is 9.99. The smallest absolute Gasteiger partial charge is 0.287 e. The molecular weight excluding hydrogens is 242 g/mol. The van der Waals surface area contributed by atoms with Crippen LogP contribution in [0.5, 0.6) is 0 Å². The van der Waals surface area contributed by atoms with E-state index in [1.165, 1.54) is 18.2 Å². The van der Waals surface area contributed by atoms with Crippen molar-refractivity contribution in [2.75, 3.05) is 23.9 Å². The number of anilines is 1. The summed E-state index contributed by atoms with van der Waals surface area (Å²) in [5.41, 5.74) is 0.410. The van der Waals surface area contributed by atoms with Gasteiger partial charge in [0.1, 0.15) is 11.6 Å². The average Bonchev–Trinajstić information content (AvgIpc) is 2.28. The Hall–Kier alpha value is -1.94. The lowest BCUT2D eigenvalue weighted by Gasteiger charge is -2.05. The number of hydrogen-bond donors (Lipinski definition) is 1. The summed E-state index contributed by atoms with van der Waals surface area (Å²) in [6.45, 7) is 0.492. The molecule has 0 amide bonds. The number of benzene rings is 1. The van der Waals surface area contributed by atoms with Crippen molar-refractivity contribution in [2.45, 2.75) is 0 Å². The van der Waals surface area contributed by atoms with Crippen molar-refractivity contribution in [3.63, 3.8) is 0 Å². The van der Waals surface area contributed by atoms with Gasteiger partial charge >= 0.3 is 0 Å². The molecule has 1 aromatic rings. The highest BCUT2D eigenvalue weighted by atomic mass is 32.2. The fraction of sp³-hybridized carbons (Fsp3) is 0.300. The second-order valence-electron chi connectivity index (χ2n) is 3.30. The number of hydrogen-bond acceptors (Lipinski definition) is 5. The molecule has 0 saturated heterocycles. The van der Waals surface area contributed by atoms with Crippen molar-refractivity contribution < 1.29 is 9.13 Å². The number of nitriles is 1. The van der Waals surface area contributed by atoms with Gasteiger partial charge in [0.05, 0.1) is 4.92 Å². The normalized spacial score (nSPS) is 11.5. The third-order valence-corrected chi connectivity index (χ3v) is 2.81. The maximum absolute atomic E-state index is 10.8. The summed E-state index contributed by atoms with van der Waals surface area (Å²) in [6.07, 6.45) is 1.60. The van der Waals surface area contributed by atoms with Crippen LogP contribution in [-0.2, 0) is 10.8 Å². The largest absolute Gasteiger partial charge is 0.384 e. The maximum Gasteiger partial charge on any atom is 0.287 e. The first-order valence-electron chi connectivity index (χ1n) is 4.77. The minimum atomic E-state index is -0.894. The molecule has 0 spiro atoms. The number of rotatable bonds is 5. The number of nitro groups is 1. The molecule has 90 valence electrons. The number of nitro benzene ring substituents is 1. The van der Waals surface area contributed by atoms with Gasteiger partial charge in [-0.15, -0.1) is 0 Å². The molecule has 0 aliphatic rings. The summed E-state index contributed by atoms with van der Waals surface area (Å²) in [7, 11) is -0.894. The van der Waals surface area contributed by atoms with Crippen LogP contribution in [0.15, 0.2) is 18.2 Å². The van der Waals surface area contributed by atoms with Crippen LogP contribution in [-0.4, -0.2) is 27.7 Å². The topological polar surface area (TPSA) is 96.0 Å². The van der Waals surface area contributed by atoms with Crippen LogP contribution in [0.1, 0.15) is 5.56 Å². The molecule has 1 unspecified atom stereocenters. The third kappa shape index (κ3) is 3.85. The van der Waals surface area contributed by atoms with Gasteiger partial charge in [0.2, 0.25) is 0 Å². The van der Waals surface area contributed by atoms with E-state index in [0.29, 0.717) is 18.0 Å². The van der Waals surface area contributed by atoms with Crippen molar-refractivity contribution in [1.29, 1.82) is 5.26 Å². The molecule has 0 bridgehead atoms. The van der Waals surface area contributed by atoms with E-state index in [9.17, 15) is 14.3 Å². The predicted molar refractivity (Wildman–Crippen MR) is 65.2 cm³/mol. The maximum atomic E-state index is 10.8. The van der Waals surface area contributed by atoms with Gasteiger partial charge in [0.25, 0.3) is 5.69 Å². The molecule has 1 N–H and O–H groups in total. The Labute approximate surface area is 101 Å². The lowest BCUT2D eigenvalue weighted by Crippen LogP contribution is -2.09. The van der Waals surface area contributed by atoms with Crippen LogP contribution >= 0.6 is 0 Å². The van der Waals surface area contributed by atoms with E-state index in [4.69, 9.17) is 5.26 Å². The highest BCUT2D eigenvalue weighted by Crippen LogP contribution is 2.21. The molecule has 0 fully saturated rings. The van der Waals surface area contributed by atoms with Gasteiger partial charge < -0.3 is 5.32 Å². The Kier molecular flexibility index (Phi) is 4.60. The monoisotopic (exact) mass is 253 g/mol. The average molecular weight is 253 g/mol. The van der Waals surface area contributed by atoms with E-state index in [1.807, 2.05) is 0 Å². The Morgan fingerprint density at radius 2 is 2.29 bits per heavy atom. The minimum Gasteiger partial charge on any atom is -0.384 e. The molecule has 6 nitrogen and oxygen atoms in total. The summed E-state index contributed by atoms with van der Waals surface area (Å²) in [5, 5.41) is 22.3. The summed E-state index contributed by atoms with van der Waals surface area (Å²) in [4.78, 5) is 10.00. The Morgan fingerprint density at radius 1 is 1.59 bits per heavy atom. The van der Waals surface area contributed by atoms with Crippen LogP contribution in [0.4, 0.5) is 11.4 Å². The Morgan fingerprint density at radius 3 is 2.82 bits per heavy atom. The van der Waals surface area contributed by atoms with E-state index >= 15 is 0 Å². The lowest BCUT2D eigenvalue weighted by molar-refractivity contribution is -0.385. The highest BCUT2D eigenvalue weighted by molar-refractivity contribution is 7.84. The lowest BCUT2D eigenvalue weighted by atomic mass is 10.2. The van der Waals surface area contributed by atoms with Gasteiger partial charge in [-0.05, 0) is 12.1 Å². The summed E-state index contributed by atoms with van der Waals surface area (Å²) >= 11 is 0. The standard InChI is InChI=1S/C10H11N3O3S/c1-17(16)5-4-12-9-2-3-10(13(14)15)8(6-9)7-11/h2-3,6,12H,4-5H2,1H3. The summed E-state index contributed by atoms with van der Waals surface area (Å²) in [6, 6.07) is 6.00. The minimum absolute atomic E-state index is 0.0117. The van der Waals surface area contributed by atoms with Crippen LogP contribution in [0.25, 0.3) is 0 Å². The fourth-order valence-corrected chi connectivity index (χ4v) is 1.62. The molecule has 1 rings (SSSR count). The van der Waals surface area contributed by atoms with Gasteiger partial charge in [-0.2, -0.15) is 5.26 Å². The van der Waals surface area contributed by atoms with Crippen LogP contribution in [0.2, 0.25) is 0 Å². The SMILES string of the molecule is CS(=O)CCNc1ccc([N+](=O)[O-])c(C#N)c1. The van der Waals surface area contributed by atoms with Gasteiger partial charge in [-0.1, -0.05) is 0 Å². The molecule has 7 heteroatoms. The van der Waals surface area contributed by atoms with E-state index in [2.05, 4.69) is 5.32 Å². The fourth-order valence-electron chi connectivity index (χ4n) is 1.23. The Balaban J connectivity index is 2.80. The summed E-state index contributed by atoms with van der Waals surface area (Å²) < 4.78 is 10.8. The van der Waals surface area contributed by atoms with E-state index in [1.54, 1.807) is 12.3 Å². The van der Waals surface area contributed by atoms with Gasteiger partial charge in [0.15, 0.2) is 0 Å². The molecular formula is C10H11N3O3S. The molecule has 17 heavy (non-hydrogen) atoms. The van der Waals surface area contributed by atoms with E-state index in [-0.39, 0.29) is 11.3 Å². The third-order valence-electron chi connectivity index (χ3n) is 2.03. The first-order valence-corrected chi connectivity index (χ1v) is 6.49. The second-order valence-corrected chi connectivity index (χ2v) is 4.86. The molecule has 0 aromatic heterocycles. The molecule has 0 saturated carbocycles. The van der Waals surface area contributed by atoms with E-state index < -0.39 is 15.7 Å². The summed E-state index contributed by atoms with van der Waals surface area (Å²) in [5.74, 6) is 0.485. The van der Waals surface area contributed by atoms with Crippen molar-refractivity contribution >= 4 is 22.2 Å². The van der Waals surface area contributed by atoms with Crippen molar-refractivity contribution in [3.8, 4) is 6.07 Å². The second kappa shape index (κ2) is 5.96. The molecule has 0 radical (unpaired) electrons. The van der Waals surface area contributed by atoms with Crippen LogP contribution in [0, 0.1) is 21.4 Å². The quantitative estimate of drug-likeness (QED) is 0.629. The zero-order chi connectivity index (χ0) is 12.8.